The van der Waals surface area contributed by atoms with E-state index in [0.29, 0.717) is 19.1 Å². The molecule has 1 aliphatic heterocycles. The fourth-order valence-corrected chi connectivity index (χ4v) is 2.57. The van der Waals surface area contributed by atoms with Gasteiger partial charge in [-0.3, -0.25) is 4.79 Å². The molecule has 0 aromatic heterocycles. The fraction of sp³-hybridized carbons (Fsp3) is 0.533. The summed E-state index contributed by atoms with van der Waals surface area (Å²) in [7, 11) is 0. The van der Waals surface area contributed by atoms with Crippen molar-refractivity contribution in [2.24, 2.45) is 5.92 Å². The van der Waals surface area contributed by atoms with E-state index in [1.807, 2.05) is 19.1 Å². The van der Waals surface area contributed by atoms with Gasteiger partial charge in [-0.25, -0.2) is 0 Å². The summed E-state index contributed by atoms with van der Waals surface area (Å²) < 4.78 is 5.93. The Morgan fingerprint density at radius 1 is 1.42 bits per heavy atom. The summed E-state index contributed by atoms with van der Waals surface area (Å²) in [5.74, 6) is -0.0942. The molecule has 0 amide bonds. The lowest BCUT2D eigenvalue weighted by Gasteiger charge is -2.17. The summed E-state index contributed by atoms with van der Waals surface area (Å²) in [4.78, 5) is 11.0. The van der Waals surface area contributed by atoms with Crippen LogP contribution in [0.3, 0.4) is 0 Å². The molecule has 2 aliphatic rings. The molecule has 4 nitrogen and oxygen atoms in total. The number of rotatable bonds is 4. The molecule has 4 heteroatoms. The van der Waals surface area contributed by atoms with Gasteiger partial charge in [0.15, 0.2) is 0 Å². The van der Waals surface area contributed by atoms with E-state index in [-0.39, 0.29) is 12.0 Å². The number of hydrogen-bond acceptors (Lipinski definition) is 3. The highest BCUT2D eigenvalue weighted by atomic mass is 16.5. The van der Waals surface area contributed by atoms with E-state index in [2.05, 4.69) is 11.4 Å². The van der Waals surface area contributed by atoms with Crippen molar-refractivity contribution in [1.82, 2.24) is 5.32 Å². The van der Waals surface area contributed by atoms with Crippen molar-refractivity contribution in [2.75, 3.05) is 6.54 Å². The molecule has 2 N–H and O–H groups in total. The van der Waals surface area contributed by atoms with Crippen LogP contribution in [0.15, 0.2) is 18.2 Å². The second-order valence-electron chi connectivity index (χ2n) is 5.59. The number of aryl methyl sites for hydroxylation is 1. The molecule has 0 spiro atoms. The van der Waals surface area contributed by atoms with E-state index in [0.717, 1.165) is 24.2 Å². The summed E-state index contributed by atoms with van der Waals surface area (Å²) in [6, 6.07) is 6.26. The average molecular weight is 261 g/mol. The lowest BCUT2D eigenvalue weighted by Crippen LogP contribution is -2.17. The van der Waals surface area contributed by atoms with Gasteiger partial charge in [0, 0.05) is 18.2 Å². The van der Waals surface area contributed by atoms with Crippen molar-refractivity contribution in [1.29, 1.82) is 0 Å². The molecule has 3 rings (SSSR count). The van der Waals surface area contributed by atoms with E-state index in [1.54, 1.807) is 0 Å². The zero-order chi connectivity index (χ0) is 13.4. The van der Waals surface area contributed by atoms with E-state index < -0.39 is 5.97 Å². The van der Waals surface area contributed by atoms with Crippen LogP contribution in [-0.4, -0.2) is 23.7 Å². The average Bonchev–Trinajstić information content (AvgIpc) is 3.05. The van der Waals surface area contributed by atoms with Crippen LogP contribution in [0, 0.1) is 12.8 Å². The van der Waals surface area contributed by atoms with Crippen LogP contribution < -0.4 is 10.1 Å². The molecule has 0 radical (unpaired) electrons. The van der Waals surface area contributed by atoms with Crippen molar-refractivity contribution >= 4 is 5.97 Å². The van der Waals surface area contributed by atoms with Crippen LogP contribution in [0.2, 0.25) is 0 Å². The third kappa shape index (κ3) is 2.73. The van der Waals surface area contributed by atoms with Crippen LogP contribution >= 0.6 is 0 Å². The Labute approximate surface area is 112 Å². The van der Waals surface area contributed by atoms with Gasteiger partial charge >= 0.3 is 5.97 Å². The second kappa shape index (κ2) is 4.85. The van der Waals surface area contributed by atoms with E-state index in [9.17, 15) is 4.79 Å². The van der Waals surface area contributed by atoms with Crippen molar-refractivity contribution in [3.05, 3.63) is 29.3 Å². The molecule has 2 atom stereocenters. The first kappa shape index (κ1) is 12.5. The van der Waals surface area contributed by atoms with Crippen LogP contribution in [0.1, 0.15) is 36.4 Å². The van der Waals surface area contributed by atoms with Gasteiger partial charge in [-0.05, 0) is 32.3 Å². The highest BCUT2D eigenvalue weighted by Crippen LogP contribution is 2.36. The lowest BCUT2D eigenvalue weighted by molar-refractivity contribution is -0.141. The fourth-order valence-electron chi connectivity index (χ4n) is 2.57. The molecular weight excluding hydrogens is 242 g/mol. The first-order valence-electron chi connectivity index (χ1n) is 6.87. The van der Waals surface area contributed by atoms with Gasteiger partial charge < -0.3 is 15.2 Å². The number of carboxylic acids is 1. The standard InChI is InChI=1S/C15H19NO3/c1-9-2-5-14(19-11-3-4-11)12(6-9)13-7-10(8-16-13)15(17)18/h2,5-6,10-11,13,16H,3-4,7-8H2,1H3,(H,17,18). The Kier molecular flexibility index (Phi) is 3.19. The summed E-state index contributed by atoms with van der Waals surface area (Å²) in [6.45, 7) is 2.59. The third-order valence-electron chi connectivity index (χ3n) is 3.84. The van der Waals surface area contributed by atoms with Crippen LogP contribution in [0.25, 0.3) is 0 Å². The summed E-state index contributed by atoms with van der Waals surface area (Å²) >= 11 is 0. The number of carbonyl (C=O) groups is 1. The Bertz CT molecular complexity index is 496. The second-order valence-corrected chi connectivity index (χ2v) is 5.59. The van der Waals surface area contributed by atoms with Gasteiger partial charge in [0.05, 0.1) is 12.0 Å². The van der Waals surface area contributed by atoms with E-state index in [1.165, 1.54) is 5.56 Å². The number of aliphatic carboxylic acids is 1. The minimum absolute atomic E-state index is 0.0924. The monoisotopic (exact) mass is 261 g/mol. The molecule has 1 aliphatic carbocycles. The Morgan fingerprint density at radius 2 is 2.21 bits per heavy atom. The Balaban J connectivity index is 1.82. The summed E-state index contributed by atoms with van der Waals surface area (Å²) in [6.07, 6.45) is 3.25. The highest BCUT2D eigenvalue weighted by molar-refractivity contribution is 5.71. The Hall–Kier alpha value is -1.55. The molecule has 1 saturated carbocycles. The molecule has 0 bridgehead atoms. The zero-order valence-electron chi connectivity index (χ0n) is 11.1. The van der Waals surface area contributed by atoms with Gasteiger partial charge in [0.1, 0.15) is 5.75 Å². The Morgan fingerprint density at radius 3 is 2.84 bits per heavy atom. The van der Waals surface area contributed by atoms with Crippen molar-refractivity contribution < 1.29 is 14.6 Å². The smallest absolute Gasteiger partial charge is 0.307 e. The molecule has 1 aromatic carbocycles. The van der Waals surface area contributed by atoms with Gasteiger partial charge in [0.2, 0.25) is 0 Å². The number of benzene rings is 1. The van der Waals surface area contributed by atoms with Crippen LogP contribution in [0.5, 0.6) is 5.75 Å². The van der Waals surface area contributed by atoms with Crippen LogP contribution in [-0.2, 0) is 4.79 Å². The van der Waals surface area contributed by atoms with Gasteiger partial charge in [-0.2, -0.15) is 0 Å². The van der Waals surface area contributed by atoms with Gasteiger partial charge in [0.25, 0.3) is 0 Å². The predicted octanol–water partition coefficient (Wildman–Crippen LogP) is 2.27. The van der Waals surface area contributed by atoms with Crippen molar-refractivity contribution in [2.45, 2.75) is 38.3 Å². The van der Waals surface area contributed by atoms with Crippen molar-refractivity contribution in [3.8, 4) is 5.75 Å². The minimum atomic E-state index is -0.715. The summed E-state index contributed by atoms with van der Waals surface area (Å²) in [5, 5.41) is 12.4. The van der Waals surface area contributed by atoms with Crippen LogP contribution in [0.4, 0.5) is 0 Å². The van der Waals surface area contributed by atoms with Gasteiger partial charge in [-0.15, -0.1) is 0 Å². The summed E-state index contributed by atoms with van der Waals surface area (Å²) in [5.41, 5.74) is 2.29. The first-order valence-corrected chi connectivity index (χ1v) is 6.87. The number of ether oxygens (including phenoxy) is 1. The third-order valence-corrected chi connectivity index (χ3v) is 3.84. The van der Waals surface area contributed by atoms with E-state index >= 15 is 0 Å². The molecule has 2 unspecified atom stereocenters. The minimum Gasteiger partial charge on any atom is -0.490 e. The highest BCUT2D eigenvalue weighted by Gasteiger charge is 2.33. The number of nitrogens with one attached hydrogen (secondary N) is 1. The topological polar surface area (TPSA) is 58.6 Å². The molecule has 1 aromatic rings. The molecule has 19 heavy (non-hydrogen) atoms. The van der Waals surface area contributed by atoms with E-state index in [4.69, 9.17) is 9.84 Å². The molecule has 1 heterocycles. The quantitative estimate of drug-likeness (QED) is 0.873. The predicted molar refractivity (Wildman–Crippen MR) is 71.3 cm³/mol. The maximum Gasteiger partial charge on any atom is 0.307 e. The van der Waals surface area contributed by atoms with Gasteiger partial charge in [-0.1, -0.05) is 17.7 Å². The molecule has 2 fully saturated rings. The SMILES string of the molecule is Cc1ccc(OC2CC2)c(C2CC(C(=O)O)CN2)c1. The van der Waals surface area contributed by atoms with Crippen molar-refractivity contribution in [3.63, 3.8) is 0 Å². The normalized spacial score (nSPS) is 26.4. The zero-order valence-corrected chi connectivity index (χ0v) is 11.1. The lowest BCUT2D eigenvalue weighted by atomic mass is 9.98. The number of hydrogen-bond donors (Lipinski definition) is 2. The molecular formula is C15H19NO3. The first-order chi connectivity index (χ1) is 9.13. The largest absolute Gasteiger partial charge is 0.490 e. The molecule has 102 valence electrons. The molecule has 1 saturated heterocycles. The maximum atomic E-state index is 11.0. The maximum absolute atomic E-state index is 11.0. The number of carboxylic acid groups (broad SMARTS) is 1.